The summed E-state index contributed by atoms with van der Waals surface area (Å²) in [5.41, 5.74) is 1.39. The minimum Gasteiger partial charge on any atom is -0.332 e. The minimum atomic E-state index is 0.00547. The maximum atomic E-state index is 12.9. The predicted octanol–water partition coefficient (Wildman–Crippen LogP) is 3.03. The van der Waals surface area contributed by atoms with Crippen LogP contribution in [0.1, 0.15) is 29.8 Å². The van der Waals surface area contributed by atoms with Gasteiger partial charge in [-0.1, -0.05) is 6.07 Å². The van der Waals surface area contributed by atoms with Crippen LogP contribution in [-0.4, -0.2) is 43.4 Å². The van der Waals surface area contributed by atoms with E-state index in [4.69, 9.17) is 0 Å². The fourth-order valence-electron chi connectivity index (χ4n) is 3.22. The van der Waals surface area contributed by atoms with Crippen molar-refractivity contribution in [3.05, 3.63) is 47.7 Å². The second-order valence-electron chi connectivity index (χ2n) is 6.02. The normalized spacial score (nSPS) is 18.0. The first kappa shape index (κ1) is 15.1. The summed E-state index contributed by atoms with van der Waals surface area (Å²) < 4.78 is 1.90. The first-order chi connectivity index (χ1) is 11.8. The summed E-state index contributed by atoms with van der Waals surface area (Å²) in [6, 6.07) is 7.96. The van der Waals surface area contributed by atoms with Crippen LogP contribution in [0.2, 0.25) is 0 Å². The summed E-state index contributed by atoms with van der Waals surface area (Å²) >= 11 is 1.63. The maximum Gasteiger partial charge on any atom is 0.274 e. The monoisotopic (exact) mass is 341 g/mol. The lowest BCUT2D eigenvalue weighted by molar-refractivity contribution is 0.0578. The number of hydrogen-bond donors (Lipinski definition) is 1. The molecule has 1 fully saturated rings. The predicted molar refractivity (Wildman–Crippen MR) is 92.8 cm³/mol. The molecule has 1 aliphatic rings. The fourth-order valence-corrected chi connectivity index (χ4v) is 3.91. The van der Waals surface area contributed by atoms with Crippen molar-refractivity contribution in [3.63, 3.8) is 0 Å². The van der Waals surface area contributed by atoms with Gasteiger partial charge >= 0.3 is 0 Å². The van der Waals surface area contributed by atoms with E-state index in [9.17, 15) is 4.79 Å². The van der Waals surface area contributed by atoms with Gasteiger partial charge in [-0.25, -0.2) is 0 Å². The quantitative estimate of drug-likeness (QED) is 0.793. The van der Waals surface area contributed by atoms with Gasteiger partial charge in [0, 0.05) is 18.9 Å². The SMILES string of the molecule is O=C(c1cc(-c2cccs2)[nH]n1)N1CCCCC1Cn1cccn1. The number of H-pyrrole nitrogens is 1. The van der Waals surface area contributed by atoms with Crippen molar-refractivity contribution in [1.82, 2.24) is 24.9 Å². The number of rotatable bonds is 4. The first-order valence-electron chi connectivity index (χ1n) is 8.19. The van der Waals surface area contributed by atoms with Gasteiger partial charge in [0.25, 0.3) is 5.91 Å². The van der Waals surface area contributed by atoms with Gasteiger partial charge in [-0.2, -0.15) is 10.2 Å². The van der Waals surface area contributed by atoms with E-state index in [0.717, 1.165) is 42.9 Å². The molecule has 124 valence electrons. The smallest absolute Gasteiger partial charge is 0.274 e. The lowest BCUT2D eigenvalue weighted by Crippen LogP contribution is -2.46. The van der Waals surface area contributed by atoms with Crippen LogP contribution in [0.4, 0.5) is 0 Å². The lowest BCUT2D eigenvalue weighted by Gasteiger charge is -2.35. The van der Waals surface area contributed by atoms with Crippen LogP contribution >= 0.6 is 11.3 Å². The third-order valence-electron chi connectivity index (χ3n) is 4.43. The number of carbonyl (C=O) groups excluding carboxylic acids is 1. The first-order valence-corrected chi connectivity index (χ1v) is 9.07. The van der Waals surface area contributed by atoms with Crippen molar-refractivity contribution in [3.8, 4) is 10.6 Å². The molecule has 0 saturated carbocycles. The molecule has 3 aromatic heterocycles. The summed E-state index contributed by atoms with van der Waals surface area (Å²) in [5.74, 6) is 0.00547. The summed E-state index contributed by atoms with van der Waals surface area (Å²) in [5, 5.41) is 13.5. The number of carbonyl (C=O) groups is 1. The topological polar surface area (TPSA) is 66.8 Å². The Hall–Kier alpha value is -2.41. The third kappa shape index (κ3) is 2.99. The van der Waals surface area contributed by atoms with Crippen LogP contribution in [0.3, 0.4) is 0 Å². The number of nitrogens with zero attached hydrogens (tertiary/aromatic N) is 4. The van der Waals surface area contributed by atoms with E-state index in [1.807, 2.05) is 45.4 Å². The van der Waals surface area contributed by atoms with Crippen molar-refractivity contribution < 1.29 is 4.79 Å². The molecule has 4 heterocycles. The average Bonchev–Trinajstić information content (AvgIpc) is 3.35. The van der Waals surface area contributed by atoms with Crippen LogP contribution < -0.4 is 0 Å². The van der Waals surface area contributed by atoms with Crippen LogP contribution in [-0.2, 0) is 6.54 Å². The zero-order valence-corrected chi connectivity index (χ0v) is 14.1. The number of hydrogen-bond acceptors (Lipinski definition) is 4. The largest absolute Gasteiger partial charge is 0.332 e. The maximum absolute atomic E-state index is 12.9. The lowest BCUT2D eigenvalue weighted by atomic mass is 10.0. The number of likely N-dealkylation sites (tertiary alicyclic amines) is 1. The molecular weight excluding hydrogens is 322 g/mol. The van der Waals surface area contributed by atoms with E-state index < -0.39 is 0 Å². The summed E-state index contributed by atoms with van der Waals surface area (Å²) in [7, 11) is 0. The summed E-state index contributed by atoms with van der Waals surface area (Å²) in [4.78, 5) is 16.0. The molecule has 1 amide bonds. The van der Waals surface area contributed by atoms with Gasteiger partial charge < -0.3 is 4.90 Å². The Morgan fingerprint density at radius 2 is 2.33 bits per heavy atom. The molecule has 3 aromatic rings. The Morgan fingerprint density at radius 1 is 1.38 bits per heavy atom. The van der Waals surface area contributed by atoms with Gasteiger partial charge in [-0.3, -0.25) is 14.6 Å². The van der Waals surface area contributed by atoms with Crippen molar-refractivity contribution in [2.45, 2.75) is 31.8 Å². The minimum absolute atomic E-state index is 0.00547. The molecular formula is C17H19N5OS. The second-order valence-corrected chi connectivity index (χ2v) is 6.97. The molecule has 0 aliphatic carbocycles. The van der Waals surface area contributed by atoms with Crippen LogP contribution in [0.15, 0.2) is 42.0 Å². The van der Waals surface area contributed by atoms with Gasteiger partial charge in [0.15, 0.2) is 5.69 Å². The number of nitrogens with one attached hydrogen (secondary N) is 1. The highest BCUT2D eigenvalue weighted by Gasteiger charge is 2.29. The Morgan fingerprint density at radius 3 is 3.12 bits per heavy atom. The van der Waals surface area contributed by atoms with E-state index >= 15 is 0 Å². The highest BCUT2D eigenvalue weighted by Crippen LogP contribution is 2.25. The molecule has 1 saturated heterocycles. The zero-order chi connectivity index (χ0) is 16.4. The van der Waals surface area contributed by atoms with Gasteiger partial charge in [0.1, 0.15) is 0 Å². The molecule has 0 aromatic carbocycles. The Balaban J connectivity index is 1.53. The van der Waals surface area contributed by atoms with Crippen LogP contribution in [0.5, 0.6) is 0 Å². The van der Waals surface area contributed by atoms with E-state index in [2.05, 4.69) is 15.3 Å². The number of amides is 1. The van der Waals surface area contributed by atoms with Crippen LogP contribution in [0, 0.1) is 0 Å². The molecule has 1 aliphatic heterocycles. The Bertz CT molecular complexity index is 793. The van der Waals surface area contributed by atoms with E-state index in [0.29, 0.717) is 5.69 Å². The molecule has 4 rings (SSSR count). The van der Waals surface area contributed by atoms with Gasteiger partial charge in [0.2, 0.25) is 0 Å². The summed E-state index contributed by atoms with van der Waals surface area (Å²) in [6.07, 6.45) is 6.92. The van der Waals surface area contributed by atoms with Crippen molar-refractivity contribution >= 4 is 17.2 Å². The molecule has 6 nitrogen and oxygen atoms in total. The molecule has 1 N–H and O–H groups in total. The second kappa shape index (κ2) is 6.60. The fraction of sp³-hybridized carbons (Fsp3) is 0.353. The molecule has 0 bridgehead atoms. The number of piperidine rings is 1. The zero-order valence-electron chi connectivity index (χ0n) is 13.3. The molecule has 24 heavy (non-hydrogen) atoms. The van der Waals surface area contributed by atoms with Gasteiger partial charge in [0.05, 0.1) is 23.2 Å². The highest BCUT2D eigenvalue weighted by molar-refractivity contribution is 7.13. The molecule has 0 spiro atoms. The molecule has 1 atom stereocenters. The third-order valence-corrected chi connectivity index (χ3v) is 5.33. The van der Waals surface area contributed by atoms with E-state index in [1.165, 1.54) is 0 Å². The Kier molecular flexibility index (Phi) is 4.17. The average molecular weight is 341 g/mol. The molecule has 1 unspecified atom stereocenters. The van der Waals surface area contributed by atoms with E-state index in [1.54, 1.807) is 17.5 Å². The van der Waals surface area contributed by atoms with E-state index in [-0.39, 0.29) is 11.9 Å². The Labute approximate surface area is 144 Å². The summed E-state index contributed by atoms with van der Waals surface area (Å²) in [6.45, 7) is 1.52. The van der Waals surface area contributed by atoms with Crippen molar-refractivity contribution in [1.29, 1.82) is 0 Å². The number of aromatic nitrogens is 4. The van der Waals surface area contributed by atoms with Crippen molar-refractivity contribution in [2.75, 3.05) is 6.54 Å². The number of aromatic amines is 1. The van der Waals surface area contributed by atoms with Gasteiger partial charge in [-0.15, -0.1) is 11.3 Å². The highest BCUT2D eigenvalue weighted by atomic mass is 32.1. The number of thiophene rings is 1. The van der Waals surface area contributed by atoms with Crippen molar-refractivity contribution in [2.24, 2.45) is 0 Å². The van der Waals surface area contributed by atoms with Gasteiger partial charge in [-0.05, 0) is 42.8 Å². The molecule has 0 radical (unpaired) electrons. The van der Waals surface area contributed by atoms with Crippen LogP contribution in [0.25, 0.3) is 10.6 Å². The molecule has 7 heteroatoms. The standard InChI is InChI=1S/C17H19N5OS/c23-17(15-11-14(19-20-15)16-6-3-10-24-16)22-9-2-1-5-13(22)12-21-8-4-7-18-21/h3-4,6-8,10-11,13H,1-2,5,9,12H2,(H,19,20).